The Morgan fingerprint density at radius 2 is 2.11 bits per heavy atom. The number of hydrogen-bond donors (Lipinski definition) is 1. The zero-order chi connectivity index (χ0) is 13.1. The summed E-state index contributed by atoms with van der Waals surface area (Å²) in [5, 5.41) is 4.65. The van der Waals surface area contributed by atoms with Crippen molar-refractivity contribution in [2.24, 2.45) is 7.05 Å². The minimum absolute atomic E-state index is 0.859. The molecule has 2 rings (SSSR count). The first-order valence-electron chi connectivity index (χ1n) is 6.38. The molecule has 1 N–H and O–H groups in total. The van der Waals surface area contributed by atoms with Crippen LogP contribution in [0.2, 0.25) is 0 Å². The van der Waals surface area contributed by atoms with Gasteiger partial charge in [0.1, 0.15) is 5.01 Å². The normalized spacial score (nSPS) is 11.1. The maximum absolute atomic E-state index is 4.41. The van der Waals surface area contributed by atoms with Gasteiger partial charge in [0.05, 0.1) is 0 Å². The highest BCUT2D eigenvalue weighted by Gasteiger charge is 2.06. The minimum Gasteiger partial charge on any atom is -0.352 e. The average Bonchev–Trinajstić information content (AvgIpc) is 2.91. The van der Waals surface area contributed by atoms with Crippen molar-refractivity contribution in [3.63, 3.8) is 0 Å². The molecule has 0 fully saturated rings. The topological polar surface area (TPSA) is 29.9 Å². The van der Waals surface area contributed by atoms with E-state index in [4.69, 9.17) is 0 Å². The Kier molecular flexibility index (Phi) is 4.19. The molecule has 0 unspecified atom stereocenters. The standard InChI is InChI=1S/C14H21N3S/c1-5-13-8-16-14(18-13)9-15-7-12-6-10(2)17(4)11(12)3/h6,8,15H,5,7,9H2,1-4H3. The van der Waals surface area contributed by atoms with Gasteiger partial charge in [0.2, 0.25) is 0 Å². The van der Waals surface area contributed by atoms with E-state index >= 15 is 0 Å². The van der Waals surface area contributed by atoms with E-state index in [1.54, 1.807) is 11.3 Å². The molecule has 98 valence electrons. The summed E-state index contributed by atoms with van der Waals surface area (Å²) in [4.78, 5) is 5.77. The van der Waals surface area contributed by atoms with Crippen LogP contribution >= 0.6 is 11.3 Å². The molecule has 3 nitrogen and oxygen atoms in total. The first-order valence-corrected chi connectivity index (χ1v) is 7.19. The predicted molar refractivity (Wildman–Crippen MR) is 76.9 cm³/mol. The number of nitrogens with zero attached hydrogens (tertiary/aromatic N) is 2. The molecule has 2 aromatic heterocycles. The maximum atomic E-state index is 4.41. The maximum Gasteiger partial charge on any atom is 0.107 e. The monoisotopic (exact) mass is 263 g/mol. The van der Waals surface area contributed by atoms with E-state index in [-0.39, 0.29) is 0 Å². The van der Waals surface area contributed by atoms with Crippen LogP contribution in [-0.2, 0) is 26.6 Å². The molecule has 2 aromatic rings. The van der Waals surface area contributed by atoms with E-state index in [2.05, 4.69) is 48.8 Å². The molecule has 2 heterocycles. The molecule has 0 saturated heterocycles. The molecule has 0 aliphatic carbocycles. The lowest BCUT2D eigenvalue weighted by atomic mass is 10.2. The van der Waals surface area contributed by atoms with Crippen LogP contribution in [0.25, 0.3) is 0 Å². The molecule has 0 aromatic carbocycles. The first kappa shape index (κ1) is 13.3. The number of rotatable bonds is 5. The smallest absolute Gasteiger partial charge is 0.107 e. The number of aromatic nitrogens is 2. The molecule has 0 radical (unpaired) electrons. The Balaban J connectivity index is 1.90. The number of thiazole rings is 1. The predicted octanol–water partition coefficient (Wildman–Crippen LogP) is 2.95. The summed E-state index contributed by atoms with van der Waals surface area (Å²) in [6, 6.07) is 2.25. The lowest BCUT2D eigenvalue weighted by Crippen LogP contribution is -2.13. The van der Waals surface area contributed by atoms with Crippen molar-refractivity contribution in [1.82, 2.24) is 14.9 Å². The molecular weight excluding hydrogens is 242 g/mol. The molecule has 0 saturated carbocycles. The Morgan fingerprint density at radius 1 is 1.33 bits per heavy atom. The molecule has 0 aliphatic heterocycles. The van der Waals surface area contributed by atoms with Gasteiger partial charge in [-0.25, -0.2) is 4.98 Å². The van der Waals surface area contributed by atoms with Gasteiger partial charge in [-0.3, -0.25) is 0 Å². The number of nitrogens with one attached hydrogen (secondary N) is 1. The number of aryl methyl sites for hydroxylation is 2. The van der Waals surface area contributed by atoms with Gasteiger partial charge in [0.15, 0.2) is 0 Å². The van der Waals surface area contributed by atoms with E-state index in [1.165, 1.54) is 26.8 Å². The van der Waals surface area contributed by atoms with Gasteiger partial charge >= 0.3 is 0 Å². The second-order valence-corrected chi connectivity index (χ2v) is 5.83. The van der Waals surface area contributed by atoms with Crippen LogP contribution in [0.15, 0.2) is 12.3 Å². The van der Waals surface area contributed by atoms with Crippen molar-refractivity contribution in [1.29, 1.82) is 0 Å². The van der Waals surface area contributed by atoms with Gasteiger partial charge in [0, 0.05) is 42.6 Å². The minimum atomic E-state index is 0.859. The van der Waals surface area contributed by atoms with Crippen LogP contribution in [0.4, 0.5) is 0 Å². The van der Waals surface area contributed by atoms with Crippen molar-refractivity contribution in [2.75, 3.05) is 0 Å². The third-order valence-corrected chi connectivity index (χ3v) is 4.56. The summed E-state index contributed by atoms with van der Waals surface area (Å²) < 4.78 is 2.23. The Bertz CT molecular complexity index is 525. The molecule has 0 amide bonds. The molecule has 4 heteroatoms. The molecule has 0 aliphatic rings. The fourth-order valence-electron chi connectivity index (χ4n) is 2.01. The summed E-state index contributed by atoms with van der Waals surface area (Å²) in [6.07, 6.45) is 3.06. The lowest BCUT2D eigenvalue weighted by Gasteiger charge is -2.03. The zero-order valence-corrected chi connectivity index (χ0v) is 12.4. The van der Waals surface area contributed by atoms with Gasteiger partial charge in [-0.15, -0.1) is 11.3 Å². The van der Waals surface area contributed by atoms with Crippen molar-refractivity contribution in [3.05, 3.63) is 39.1 Å². The quantitative estimate of drug-likeness (QED) is 0.899. The van der Waals surface area contributed by atoms with Gasteiger partial charge in [-0.1, -0.05) is 6.92 Å². The molecule has 0 spiro atoms. The third kappa shape index (κ3) is 2.82. The zero-order valence-electron chi connectivity index (χ0n) is 11.6. The van der Waals surface area contributed by atoms with Crippen molar-refractivity contribution >= 4 is 11.3 Å². The van der Waals surface area contributed by atoms with Gasteiger partial charge in [-0.2, -0.15) is 0 Å². The van der Waals surface area contributed by atoms with E-state index in [0.717, 1.165) is 19.5 Å². The summed E-state index contributed by atoms with van der Waals surface area (Å²) in [7, 11) is 2.11. The van der Waals surface area contributed by atoms with Gasteiger partial charge in [0.25, 0.3) is 0 Å². The lowest BCUT2D eigenvalue weighted by molar-refractivity contribution is 0.684. The summed E-state index contributed by atoms with van der Waals surface area (Å²) in [5.74, 6) is 0. The van der Waals surface area contributed by atoms with Gasteiger partial charge < -0.3 is 9.88 Å². The molecular formula is C14H21N3S. The molecule has 18 heavy (non-hydrogen) atoms. The van der Waals surface area contributed by atoms with Crippen LogP contribution in [0.5, 0.6) is 0 Å². The van der Waals surface area contributed by atoms with E-state index in [0.29, 0.717) is 0 Å². The van der Waals surface area contributed by atoms with Crippen molar-refractivity contribution in [3.8, 4) is 0 Å². The van der Waals surface area contributed by atoms with E-state index in [1.807, 2.05) is 6.20 Å². The van der Waals surface area contributed by atoms with Gasteiger partial charge in [-0.05, 0) is 31.9 Å². The highest BCUT2D eigenvalue weighted by atomic mass is 32.1. The largest absolute Gasteiger partial charge is 0.352 e. The van der Waals surface area contributed by atoms with Crippen LogP contribution < -0.4 is 5.32 Å². The SMILES string of the molecule is CCc1cnc(CNCc2cc(C)n(C)c2C)s1. The molecule has 0 bridgehead atoms. The fourth-order valence-corrected chi connectivity index (χ4v) is 2.84. The average molecular weight is 263 g/mol. The Morgan fingerprint density at radius 3 is 2.67 bits per heavy atom. The second-order valence-electron chi connectivity index (χ2n) is 4.63. The second kappa shape index (κ2) is 5.67. The van der Waals surface area contributed by atoms with E-state index in [9.17, 15) is 0 Å². The molecule has 0 atom stereocenters. The first-order chi connectivity index (χ1) is 8.61. The van der Waals surface area contributed by atoms with Crippen LogP contribution in [0, 0.1) is 13.8 Å². The van der Waals surface area contributed by atoms with Crippen molar-refractivity contribution < 1.29 is 0 Å². The Hall–Kier alpha value is -1.13. The van der Waals surface area contributed by atoms with Crippen molar-refractivity contribution in [2.45, 2.75) is 40.3 Å². The summed E-state index contributed by atoms with van der Waals surface area (Å²) in [6.45, 7) is 8.25. The van der Waals surface area contributed by atoms with E-state index < -0.39 is 0 Å². The van der Waals surface area contributed by atoms with Crippen LogP contribution in [0.1, 0.15) is 33.8 Å². The van der Waals surface area contributed by atoms with Crippen LogP contribution in [0.3, 0.4) is 0 Å². The highest BCUT2D eigenvalue weighted by molar-refractivity contribution is 7.11. The fraction of sp³-hybridized carbons (Fsp3) is 0.500. The van der Waals surface area contributed by atoms with Crippen LogP contribution in [-0.4, -0.2) is 9.55 Å². The Labute approximate surface area is 113 Å². The summed E-state index contributed by atoms with van der Waals surface area (Å²) in [5.41, 5.74) is 4.03. The highest BCUT2D eigenvalue weighted by Crippen LogP contribution is 2.15. The number of hydrogen-bond acceptors (Lipinski definition) is 3. The third-order valence-electron chi connectivity index (χ3n) is 3.42. The summed E-state index contributed by atoms with van der Waals surface area (Å²) >= 11 is 1.80.